The van der Waals surface area contributed by atoms with Crippen LogP contribution in [-0.4, -0.2) is 0 Å². The third-order valence-corrected chi connectivity index (χ3v) is 14.5. The van der Waals surface area contributed by atoms with Gasteiger partial charge in [0.15, 0.2) is 0 Å². The molecule has 1 nitrogen and oxygen atoms in total. The molecular formula is C62H43N. The van der Waals surface area contributed by atoms with Gasteiger partial charge in [-0.2, -0.15) is 0 Å². The van der Waals surface area contributed by atoms with E-state index in [0.717, 1.165) is 17.1 Å². The Kier molecular flexibility index (Phi) is 7.64. The van der Waals surface area contributed by atoms with E-state index in [0.29, 0.717) is 0 Å². The summed E-state index contributed by atoms with van der Waals surface area (Å²) in [5, 5.41) is 2.43. The number of rotatable bonds is 5. The van der Waals surface area contributed by atoms with Crippen molar-refractivity contribution in [2.24, 2.45) is 0 Å². The SMILES string of the molecule is CC1(C)c2ccccc2-c2c(-c3ccc(N(c4ccc(-c5cccc6c5C5(c7ccccc7-c7ccccc75)c5ccccc5-6)cc4)c4cccc5ccccc45)cc3)cccc21. The molecule has 3 aliphatic rings. The molecule has 0 N–H and O–H groups in total. The maximum absolute atomic E-state index is 2.43. The highest BCUT2D eigenvalue weighted by atomic mass is 15.1. The van der Waals surface area contributed by atoms with Crippen molar-refractivity contribution < 1.29 is 0 Å². The van der Waals surface area contributed by atoms with Gasteiger partial charge in [-0.1, -0.05) is 208 Å². The van der Waals surface area contributed by atoms with Crippen molar-refractivity contribution in [3.63, 3.8) is 0 Å². The van der Waals surface area contributed by atoms with Gasteiger partial charge in [0.05, 0.1) is 11.1 Å². The lowest BCUT2D eigenvalue weighted by molar-refractivity contribution is 0.660. The van der Waals surface area contributed by atoms with E-state index in [4.69, 9.17) is 0 Å². The summed E-state index contributed by atoms with van der Waals surface area (Å²) >= 11 is 0. The van der Waals surface area contributed by atoms with Crippen LogP contribution >= 0.6 is 0 Å². The van der Waals surface area contributed by atoms with Crippen LogP contribution in [0.3, 0.4) is 0 Å². The number of hydrogen-bond acceptors (Lipinski definition) is 1. The lowest BCUT2D eigenvalue weighted by atomic mass is 9.68. The minimum Gasteiger partial charge on any atom is -0.310 e. The van der Waals surface area contributed by atoms with E-state index in [-0.39, 0.29) is 5.41 Å². The average molecular weight is 802 g/mol. The maximum atomic E-state index is 2.43. The first-order valence-electron chi connectivity index (χ1n) is 22.2. The largest absolute Gasteiger partial charge is 0.310 e. The average Bonchev–Trinajstić information content (AvgIpc) is 3.91. The van der Waals surface area contributed by atoms with Gasteiger partial charge in [0.1, 0.15) is 0 Å². The molecule has 10 aromatic rings. The van der Waals surface area contributed by atoms with Gasteiger partial charge in [-0.25, -0.2) is 0 Å². The summed E-state index contributed by atoms with van der Waals surface area (Å²) in [5.74, 6) is 0. The molecule has 0 aromatic heterocycles. The van der Waals surface area contributed by atoms with E-state index in [1.165, 1.54) is 99.8 Å². The molecule has 10 aromatic carbocycles. The number of benzene rings is 10. The van der Waals surface area contributed by atoms with Gasteiger partial charge in [-0.15, -0.1) is 0 Å². The van der Waals surface area contributed by atoms with Crippen LogP contribution in [0.5, 0.6) is 0 Å². The predicted molar refractivity (Wildman–Crippen MR) is 263 cm³/mol. The molecule has 63 heavy (non-hydrogen) atoms. The summed E-state index contributed by atoms with van der Waals surface area (Å²) < 4.78 is 0. The Labute approximate surface area is 369 Å². The van der Waals surface area contributed by atoms with Crippen LogP contribution in [0.1, 0.15) is 47.2 Å². The standard InChI is InChI=1S/C62H43N/c1-61(2)53-26-9-8-22-52(53)59-46(23-15-30-57(59)61)41-32-36-43(37-33-41)63(58-31-13-17-40-16-3-4-18-45(40)58)44-38-34-42(35-39-44)47-24-14-25-51-50-21-7-12-29-56(50)62(60(47)51)54-27-10-5-19-48(54)49-20-6-11-28-55(49)62/h3-39H,1-2H3. The molecule has 0 saturated heterocycles. The quantitative estimate of drug-likeness (QED) is 0.168. The highest BCUT2D eigenvalue weighted by molar-refractivity contribution is 6.01. The van der Waals surface area contributed by atoms with Crippen LogP contribution in [0.25, 0.3) is 66.4 Å². The van der Waals surface area contributed by atoms with E-state index in [9.17, 15) is 0 Å². The van der Waals surface area contributed by atoms with E-state index in [2.05, 4.69) is 243 Å². The fourth-order valence-corrected chi connectivity index (χ4v) is 11.8. The van der Waals surface area contributed by atoms with Crippen LogP contribution in [0.2, 0.25) is 0 Å². The smallest absolute Gasteiger partial charge is 0.0731 e. The summed E-state index contributed by atoms with van der Waals surface area (Å²) in [4.78, 5) is 2.43. The summed E-state index contributed by atoms with van der Waals surface area (Å²) in [6.07, 6.45) is 0. The molecule has 296 valence electrons. The second-order valence-corrected chi connectivity index (χ2v) is 17.9. The Morgan fingerprint density at radius 2 is 0.746 bits per heavy atom. The topological polar surface area (TPSA) is 3.24 Å². The molecule has 1 heteroatoms. The summed E-state index contributed by atoms with van der Waals surface area (Å²) in [5.41, 5.74) is 24.1. The van der Waals surface area contributed by atoms with Gasteiger partial charge in [-0.3, -0.25) is 0 Å². The van der Waals surface area contributed by atoms with E-state index in [1.54, 1.807) is 0 Å². The minimum atomic E-state index is -0.415. The number of anilines is 3. The van der Waals surface area contributed by atoms with Crippen molar-refractivity contribution in [2.45, 2.75) is 24.7 Å². The molecule has 0 unspecified atom stereocenters. The zero-order valence-electron chi connectivity index (χ0n) is 35.3. The van der Waals surface area contributed by atoms with Crippen LogP contribution in [-0.2, 0) is 10.8 Å². The summed E-state index contributed by atoms with van der Waals surface area (Å²) in [6, 6.07) is 83.8. The van der Waals surface area contributed by atoms with Crippen molar-refractivity contribution >= 4 is 27.8 Å². The van der Waals surface area contributed by atoms with Crippen LogP contribution in [0.4, 0.5) is 17.1 Å². The Hall–Kier alpha value is -7.74. The third-order valence-electron chi connectivity index (χ3n) is 14.5. The Morgan fingerprint density at radius 1 is 0.317 bits per heavy atom. The Morgan fingerprint density at radius 3 is 1.40 bits per heavy atom. The van der Waals surface area contributed by atoms with Crippen LogP contribution in [0.15, 0.2) is 224 Å². The van der Waals surface area contributed by atoms with Crippen molar-refractivity contribution in [1.29, 1.82) is 0 Å². The molecule has 0 heterocycles. The monoisotopic (exact) mass is 801 g/mol. The maximum Gasteiger partial charge on any atom is 0.0731 e. The Balaban J connectivity index is 0.961. The third kappa shape index (κ3) is 4.94. The molecular weight excluding hydrogens is 759 g/mol. The molecule has 0 bridgehead atoms. The first-order chi connectivity index (χ1) is 31.0. The first-order valence-corrected chi connectivity index (χ1v) is 22.2. The van der Waals surface area contributed by atoms with E-state index >= 15 is 0 Å². The van der Waals surface area contributed by atoms with Gasteiger partial charge < -0.3 is 4.90 Å². The number of nitrogens with zero attached hydrogens (tertiary/aromatic N) is 1. The fraction of sp³-hybridized carbons (Fsp3) is 0.0645. The summed E-state index contributed by atoms with van der Waals surface area (Å²) in [6.45, 7) is 4.71. The number of hydrogen-bond donors (Lipinski definition) is 0. The molecule has 1 spiro atoms. The van der Waals surface area contributed by atoms with Crippen LogP contribution < -0.4 is 4.90 Å². The fourth-order valence-electron chi connectivity index (χ4n) is 11.8. The Bertz CT molecular complexity index is 3410. The highest BCUT2D eigenvalue weighted by Gasteiger charge is 2.52. The van der Waals surface area contributed by atoms with Gasteiger partial charge in [-0.05, 0) is 125 Å². The van der Waals surface area contributed by atoms with Gasteiger partial charge >= 0.3 is 0 Å². The second kappa shape index (κ2) is 13.4. The molecule has 0 saturated carbocycles. The van der Waals surface area contributed by atoms with Gasteiger partial charge in [0.25, 0.3) is 0 Å². The van der Waals surface area contributed by atoms with Gasteiger partial charge in [0, 0.05) is 22.2 Å². The molecule has 0 amide bonds. The van der Waals surface area contributed by atoms with E-state index < -0.39 is 5.41 Å². The molecule has 3 aliphatic carbocycles. The van der Waals surface area contributed by atoms with Crippen molar-refractivity contribution in [3.05, 3.63) is 258 Å². The zero-order chi connectivity index (χ0) is 41.9. The number of fused-ring (bicyclic) bond motifs is 14. The second-order valence-electron chi connectivity index (χ2n) is 17.9. The van der Waals surface area contributed by atoms with Crippen molar-refractivity contribution in [3.8, 4) is 55.6 Å². The minimum absolute atomic E-state index is 0.0460. The van der Waals surface area contributed by atoms with Crippen molar-refractivity contribution in [2.75, 3.05) is 4.90 Å². The lowest BCUT2D eigenvalue weighted by Gasteiger charge is -2.32. The first kappa shape index (κ1) is 36.0. The predicted octanol–water partition coefficient (Wildman–Crippen LogP) is 16.3. The molecule has 0 aliphatic heterocycles. The lowest BCUT2D eigenvalue weighted by Crippen LogP contribution is -2.26. The molecule has 0 fully saturated rings. The molecule has 0 radical (unpaired) electrons. The highest BCUT2D eigenvalue weighted by Crippen LogP contribution is 2.64. The zero-order valence-corrected chi connectivity index (χ0v) is 35.3. The normalized spacial score (nSPS) is 14.1. The van der Waals surface area contributed by atoms with Gasteiger partial charge in [0.2, 0.25) is 0 Å². The van der Waals surface area contributed by atoms with Crippen LogP contribution in [0, 0.1) is 0 Å². The van der Waals surface area contributed by atoms with E-state index in [1.807, 2.05) is 0 Å². The van der Waals surface area contributed by atoms with Crippen molar-refractivity contribution in [1.82, 2.24) is 0 Å². The molecule has 0 atom stereocenters. The molecule has 13 rings (SSSR count). The summed E-state index contributed by atoms with van der Waals surface area (Å²) in [7, 11) is 0.